The van der Waals surface area contributed by atoms with Crippen LogP contribution in [0.5, 0.6) is 0 Å². The summed E-state index contributed by atoms with van der Waals surface area (Å²) in [5.41, 5.74) is 2.85. The topological polar surface area (TPSA) is 108 Å². The first kappa shape index (κ1) is 19.3. The number of carbonyl (C=O) groups excluding carboxylic acids is 2. The summed E-state index contributed by atoms with van der Waals surface area (Å²) in [5.74, 6) is -0.0961. The lowest BCUT2D eigenvalue weighted by Gasteiger charge is -2.18. The molecule has 158 valence electrons. The van der Waals surface area contributed by atoms with Gasteiger partial charge in [-0.2, -0.15) is 5.10 Å². The van der Waals surface area contributed by atoms with Crippen LogP contribution in [0, 0.1) is 11.3 Å². The number of aromatic nitrogens is 2. The average Bonchev–Trinajstić information content (AvgIpc) is 3.01. The molecule has 1 spiro atoms. The molecule has 2 fully saturated rings. The number of fused-ring (bicyclic) bond motifs is 1. The molecule has 4 atom stereocenters. The van der Waals surface area contributed by atoms with Crippen molar-refractivity contribution in [2.75, 3.05) is 26.2 Å². The molecule has 1 aromatic heterocycles. The van der Waals surface area contributed by atoms with Crippen molar-refractivity contribution in [1.29, 1.82) is 0 Å². The second-order valence-electron chi connectivity index (χ2n) is 8.58. The molecule has 5 rings (SSSR count). The third-order valence-corrected chi connectivity index (χ3v) is 6.96. The maximum Gasteiger partial charge on any atom is 0.274 e. The number of likely N-dealkylation sites (tertiary alicyclic amines) is 1. The lowest BCUT2D eigenvalue weighted by molar-refractivity contribution is -0.119. The number of amides is 2. The van der Waals surface area contributed by atoms with Gasteiger partial charge >= 0.3 is 0 Å². The van der Waals surface area contributed by atoms with Crippen LogP contribution in [0.25, 0.3) is 0 Å². The highest BCUT2D eigenvalue weighted by Gasteiger charge is 2.71. The Balaban J connectivity index is 1.41. The molecule has 1 saturated carbocycles. The molecule has 0 bridgehead atoms. The van der Waals surface area contributed by atoms with Gasteiger partial charge in [0, 0.05) is 49.7 Å². The molecule has 30 heavy (non-hydrogen) atoms. The van der Waals surface area contributed by atoms with Gasteiger partial charge in [-0.15, -0.1) is 0 Å². The number of aliphatic hydroxyl groups excluding tert-OH is 1. The molecule has 2 amide bonds. The molecule has 3 heterocycles. The van der Waals surface area contributed by atoms with Crippen LogP contribution in [-0.4, -0.2) is 64.4 Å². The number of aliphatic hydroxyl groups is 1. The van der Waals surface area contributed by atoms with E-state index in [2.05, 4.69) is 27.6 Å². The highest BCUT2D eigenvalue weighted by molar-refractivity contribution is 5.94. The van der Waals surface area contributed by atoms with Crippen molar-refractivity contribution in [3.63, 3.8) is 0 Å². The number of ether oxygens (including phenoxy) is 1. The van der Waals surface area contributed by atoms with Crippen LogP contribution in [0.2, 0.25) is 0 Å². The zero-order chi connectivity index (χ0) is 20.9. The summed E-state index contributed by atoms with van der Waals surface area (Å²) in [6.07, 6.45) is 0.0632. The first-order valence-corrected chi connectivity index (χ1v) is 10.4. The second-order valence-corrected chi connectivity index (χ2v) is 8.58. The normalized spacial score (nSPS) is 29.7. The van der Waals surface area contributed by atoms with Gasteiger partial charge in [0.05, 0.1) is 19.3 Å². The molecule has 8 heteroatoms. The van der Waals surface area contributed by atoms with E-state index >= 15 is 0 Å². The maximum absolute atomic E-state index is 13.3. The van der Waals surface area contributed by atoms with E-state index < -0.39 is 11.5 Å². The third-order valence-electron chi connectivity index (χ3n) is 6.96. The molecule has 1 aliphatic carbocycles. The smallest absolute Gasteiger partial charge is 0.274 e. The highest BCUT2D eigenvalue weighted by atomic mass is 16.5. The summed E-state index contributed by atoms with van der Waals surface area (Å²) in [6.45, 7) is 3.70. The van der Waals surface area contributed by atoms with E-state index in [4.69, 9.17) is 4.74 Å². The zero-order valence-electron chi connectivity index (χ0n) is 16.9. The van der Waals surface area contributed by atoms with Crippen LogP contribution in [0.4, 0.5) is 0 Å². The Bertz CT molecular complexity index is 975. The number of rotatable bonds is 4. The maximum atomic E-state index is 13.3. The Labute approximate surface area is 174 Å². The van der Waals surface area contributed by atoms with Gasteiger partial charge in [0.1, 0.15) is 0 Å². The van der Waals surface area contributed by atoms with Crippen molar-refractivity contribution in [3.8, 4) is 0 Å². The SMILES string of the molecule is CC(=O)NC[C@@H]1[C@@H](c2ccccc2)[C@]12CN(C(=O)c1n[nH]c3c1COCC3)C[C@@H]2O. The Morgan fingerprint density at radius 2 is 2.17 bits per heavy atom. The number of nitrogens with zero attached hydrogens (tertiary/aromatic N) is 2. The molecule has 0 unspecified atom stereocenters. The lowest BCUT2D eigenvalue weighted by atomic mass is 9.95. The summed E-state index contributed by atoms with van der Waals surface area (Å²) in [6, 6.07) is 10.0. The van der Waals surface area contributed by atoms with E-state index in [9.17, 15) is 14.7 Å². The number of carbonyl (C=O) groups is 2. The van der Waals surface area contributed by atoms with Gasteiger partial charge in [0.2, 0.25) is 5.91 Å². The van der Waals surface area contributed by atoms with Crippen LogP contribution in [0.3, 0.4) is 0 Å². The summed E-state index contributed by atoms with van der Waals surface area (Å²) in [4.78, 5) is 26.5. The molecule has 1 aromatic carbocycles. The minimum atomic E-state index is -0.656. The molecule has 2 aliphatic heterocycles. The summed E-state index contributed by atoms with van der Waals surface area (Å²) in [5, 5.41) is 21.2. The number of hydrogen-bond donors (Lipinski definition) is 3. The van der Waals surface area contributed by atoms with Crippen molar-refractivity contribution in [2.45, 2.75) is 32.0 Å². The van der Waals surface area contributed by atoms with Crippen molar-refractivity contribution < 1.29 is 19.4 Å². The molecule has 2 aromatic rings. The molecule has 3 N–H and O–H groups in total. The van der Waals surface area contributed by atoms with E-state index in [0.717, 1.165) is 23.2 Å². The largest absolute Gasteiger partial charge is 0.391 e. The Hall–Kier alpha value is -2.71. The molecule has 0 radical (unpaired) electrons. The number of nitrogens with one attached hydrogen (secondary N) is 2. The monoisotopic (exact) mass is 410 g/mol. The minimum Gasteiger partial charge on any atom is -0.391 e. The van der Waals surface area contributed by atoms with Crippen molar-refractivity contribution in [2.24, 2.45) is 11.3 Å². The van der Waals surface area contributed by atoms with E-state index in [1.165, 1.54) is 6.92 Å². The fourth-order valence-corrected chi connectivity index (χ4v) is 5.45. The van der Waals surface area contributed by atoms with Crippen LogP contribution in [0.1, 0.15) is 40.2 Å². The van der Waals surface area contributed by atoms with Gasteiger partial charge in [0.15, 0.2) is 5.69 Å². The second kappa shape index (κ2) is 7.21. The standard InChI is InChI=1S/C22H26N4O4/c1-13(27)23-9-16-19(14-5-3-2-4-6-14)22(16)12-26(10-18(22)28)21(29)20-15-11-30-8-7-17(15)24-25-20/h2-6,16,18-19,28H,7-12H2,1H3,(H,23,27)(H,24,25)/t16-,18+,19-,22-/m1/s1. The number of H-pyrrole nitrogens is 1. The summed E-state index contributed by atoms with van der Waals surface area (Å²) < 4.78 is 5.51. The lowest BCUT2D eigenvalue weighted by Crippen LogP contribution is -2.31. The average molecular weight is 410 g/mol. The van der Waals surface area contributed by atoms with E-state index in [-0.39, 0.29) is 30.2 Å². The number of hydrogen-bond acceptors (Lipinski definition) is 5. The minimum absolute atomic E-state index is 0.0769. The third kappa shape index (κ3) is 2.94. The zero-order valence-corrected chi connectivity index (χ0v) is 16.9. The van der Waals surface area contributed by atoms with Crippen molar-refractivity contribution in [1.82, 2.24) is 20.4 Å². The number of aromatic amines is 1. The molecule has 1 saturated heterocycles. The number of β-amino-alcohol motifs (C(OH)–C–C–N with tert-alkyl or cyclic N) is 1. The fraction of sp³-hybridized carbons (Fsp3) is 0.500. The Morgan fingerprint density at radius 3 is 2.93 bits per heavy atom. The molecule has 3 aliphatic rings. The van der Waals surface area contributed by atoms with Gasteiger partial charge in [0.25, 0.3) is 5.91 Å². The predicted molar refractivity (Wildman–Crippen MR) is 108 cm³/mol. The van der Waals surface area contributed by atoms with Gasteiger partial charge in [-0.3, -0.25) is 14.7 Å². The molecular formula is C22H26N4O4. The van der Waals surface area contributed by atoms with E-state index in [1.54, 1.807) is 4.90 Å². The van der Waals surface area contributed by atoms with Gasteiger partial charge in [-0.05, 0) is 17.4 Å². The van der Waals surface area contributed by atoms with Gasteiger partial charge < -0.3 is 20.1 Å². The quantitative estimate of drug-likeness (QED) is 0.692. The Kier molecular flexibility index (Phi) is 4.63. The van der Waals surface area contributed by atoms with Gasteiger partial charge in [-0.1, -0.05) is 30.3 Å². The predicted octanol–water partition coefficient (Wildman–Crippen LogP) is 0.835. The van der Waals surface area contributed by atoms with Crippen LogP contribution < -0.4 is 5.32 Å². The summed E-state index contributed by atoms with van der Waals surface area (Å²) in [7, 11) is 0. The number of benzene rings is 1. The van der Waals surface area contributed by atoms with Crippen molar-refractivity contribution >= 4 is 11.8 Å². The summed E-state index contributed by atoms with van der Waals surface area (Å²) >= 11 is 0. The van der Waals surface area contributed by atoms with Crippen molar-refractivity contribution in [3.05, 3.63) is 52.8 Å². The van der Waals surface area contributed by atoms with Crippen LogP contribution in [0.15, 0.2) is 30.3 Å². The van der Waals surface area contributed by atoms with E-state index in [1.807, 2.05) is 18.2 Å². The Morgan fingerprint density at radius 1 is 1.37 bits per heavy atom. The molecular weight excluding hydrogens is 384 g/mol. The first-order valence-electron chi connectivity index (χ1n) is 10.4. The first-order chi connectivity index (χ1) is 14.5. The van der Waals surface area contributed by atoms with Gasteiger partial charge in [-0.25, -0.2) is 0 Å². The van der Waals surface area contributed by atoms with E-state index in [0.29, 0.717) is 32.0 Å². The van der Waals surface area contributed by atoms with Crippen LogP contribution in [-0.2, 0) is 22.6 Å². The molecule has 8 nitrogen and oxygen atoms in total. The highest BCUT2D eigenvalue weighted by Crippen LogP contribution is 2.68. The fourth-order valence-electron chi connectivity index (χ4n) is 5.45. The van der Waals surface area contributed by atoms with Crippen LogP contribution >= 0.6 is 0 Å².